The molecule has 8 rings (SSSR count). The summed E-state index contributed by atoms with van der Waals surface area (Å²) in [6.45, 7) is 4.71. The van der Waals surface area contributed by atoms with Gasteiger partial charge in [0.25, 0.3) is 0 Å². The zero-order valence-electron chi connectivity index (χ0n) is 22.4. The molecule has 1 unspecified atom stereocenters. The van der Waals surface area contributed by atoms with Crippen LogP contribution in [-0.4, -0.2) is 0 Å². The SMILES string of the molecule is CC(C)C1=Cc2c(-c3cc4ccccc4c4ccccc34)cccc2C1c1cccc2c1Cc1ccccc1-2. The molecule has 0 fully saturated rings. The second-order valence-electron chi connectivity index (χ2n) is 11.4. The van der Waals surface area contributed by atoms with Crippen molar-refractivity contribution < 1.29 is 0 Å². The Balaban J connectivity index is 1.37. The van der Waals surface area contributed by atoms with Crippen molar-refractivity contribution in [2.75, 3.05) is 0 Å². The third kappa shape index (κ3) is 3.31. The van der Waals surface area contributed by atoms with E-state index in [1.165, 1.54) is 77.2 Å². The minimum atomic E-state index is 0.288. The van der Waals surface area contributed by atoms with E-state index >= 15 is 0 Å². The molecule has 0 bridgehead atoms. The summed E-state index contributed by atoms with van der Waals surface area (Å²) in [6, 6.07) is 43.0. The molecule has 0 radical (unpaired) electrons. The first-order valence-electron chi connectivity index (χ1n) is 14.1. The molecule has 0 N–H and O–H groups in total. The van der Waals surface area contributed by atoms with Crippen molar-refractivity contribution in [2.45, 2.75) is 26.2 Å². The van der Waals surface area contributed by atoms with Crippen LogP contribution in [-0.2, 0) is 6.42 Å². The fourth-order valence-electron chi connectivity index (χ4n) is 7.24. The molecule has 0 saturated heterocycles. The Bertz CT molecular complexity index is 1970. The Kier molecular flexibility index (Phi) is 4.94. The molecule has 0 heterocycles. The van der Waals surface area contributed by atoms with Gasteiger partial charge in [-0.1, -0.05) is 135 Å². The highest BCUT2D eigenvalue weighted by atomic mass is 14.4. The molecule has 0 spiro atoms. The summed E-state index contributed by atoms with van der Waals surface area (Å²) in [4.78, 5) is 0. The van der Waals surface area contributed by atoms with Gasteiger partial charge in [0, 0.05) is 5.92 Å². The summed E-state index contributed by atoms with van der Waals surface area (Å²) >= 11 is 0. The topological polar surface area (TPSA) is 0 Å². The van der Waals surface area contributed by atoms with Crippen molar-refractivity contribution in [3.63, 3.8) is 0 Å². The zero-order valence-corrected chi connectivity index (χ0v) is 22.4. The first kappa shape index (κ1) is 22.6. The predicted octanol–water partition coefficient (Wildman–Crippen LogP) is 10.4. The van der Waals surface area contributed by atoms with Gasteiger partial charge in [0.1, 0.15) is 0 Å². The van der Waals surface area contributed by atoms with Crippen LogP contribution in [0.2, 0.25) is 0 Å². The van der Waals surface area contributed by atoms with Crippen molar-refractivity contribution in [3.8, 4) is 22.3 Å². The molecular formula is C39H30. The smallest absolute Gasteiger partial charge is 0.0314 e. The molecule has 0 saturated carbocycles. The van der Waals surface area contributed by atoms with Crippen LogP contribution < -0.4 is 0 Å². The van der Waals surface area contributed by atoms with E-state index in [2.05, 4.69) is 135 Å². The van der Waals surface area contributed by atoms with Gasteiger partial charge in [0.2, 0.25) is 0 Å². The fourth-order valence-corrected chi connectivity index (χ4v) is 7.24. The Morgan fingerprint density at radius 1 is 0.564 bits per heavy atom. The molecule has 1 atom stereocenters. The quantitative estimate of drug-likeness (QED) is 0.213. The zero-order chi connectivity index (χ0) is 26.1. The van der Waals surface area contributed by atoms with Crippen LogP contribution in [0.3, 0.4) is 0 Å². The largest absolute Gasteiger partial charge is 0.0619 e. The Labute approximate surface area is 230 Å². The molecule has 2 aliphatic rings. The van der Waals surface area contributed by atoms with Crippen LogP contribution in [0.4, 0.5) is 0 Å². The highest BCUT2D eigenvalue weighted by Crippen LogP contribution is 2.51. The van der Waals surface area contributed by atoms with E-state index in [-0.39, 0.29) is 5.92 Å². The van der Waals surface area contributed by atoms with E-state index in [0.29, 0.717) is 5.92 Å². The van der Waals surface area contributed by atoms with Crippen LogP contribution in [0.5, 0.6) is 0 Å². The Morgan fingerprint density at radius 3 is 2.08 bits per heavy atom. The monoisotopic (exact) mass is 498 g/mol. The van der Waals surface area contributed by atoms with E-state index in [1.54, 1.807) is 0 Å². The van der Waals surface area contributed by atoms with Crippen molar-refractivity contribution in [1.82, 2.24) is 0 Å². The highest BCUT2D eigenvalue weighted by Gasteiger charge is 2.33. The molecule has 0 aliphatic heterocycles. The maximum absolute atomic E-state index is 2.52. The third-order valence-electron chi connectivity index (χ3n) is 9.02. The van der Waals surface area contributed by atoms with Crippen molar-refractivity contribution in [2.24, 2.45) is 5.92 Å². The summed E-state index contributed by atoms with van der Waals surface area (Å²) in [7, 11) is 0. The van der Waals surface area contributed by atoms with E-state index in [9.17, 15) is 0 Å². The Morgan fingerprint density at radius 2 is 1.23 bits per heavy atom. The van der Waals surface area contributed by atoms with Gasteiger partial charge in [-0.2, -0.15) is 0 Å². The number of benzene rings is 6. The fraction of sp³-hybridized carbons (Fsp3) is 0.128. The van der Waals surface area contributed by atoms with Crippen LogP contribution in [0, 0.1) is 5.92 Å². The van der Waals surface area contributed by atoms with E-state index in [1.807, 2.05) is 0 Å². The van der Waals surface area contributed by atoms with Gasteiger partial charge in [-0.3, -0.25) is 0 Å². The average molecular weight is 499 g/mol. The number of rotatable bonds is 3. The molecule has 186 valence electrons. The number of hydrogen-bond donors (Lipinski definition) is 0. The number of allylic oxidation sites excluding steroid dienone is 1. The second kappa shape index (κ2) is 8.55. The number of hydrogen-bond acceptors (Lipinski definition) is 0. The van der Waals surface area contributed by atoms with Crippen LogP contribution in [0.1, 0.15) is 47.6 Å². The minimum absolute atomic E-state index is 0.288. The molecule has 2 aliphatic carbocycles. The van der Waals surface area contributed by atoms with Crippen LogP contribution >= 0.6 is 0 Å². The summed E-state index contributed by atoms with van der Waals surface area (Å²) in [5, 5.41) is 5.26. The van der Waals surface area contributed by atoms with Crippen molar-refractivity contribution in [3.05, 3.63) is 149 Å². The van der Waals surface area contributed by atoms with Gasteiger partial charge < -0.3 is 0 Å². The first-order valence-corrected chi connectivity index (χ1v) is 14.1. The lowest BCUT2D eigenvalue weighted by Gasteiger charge is -2.23. The van der Waals surface area contributed by atoms with Crippen molar-refractivity contribution >= 4 is 27.6 Å². The van der Waals surface area contributed by atoms with Gasteiger partial charge in [-0.15, -0.1) is 0 Å². The molecule has 0 amide bonds. The predicted molar refractivity (Wildman–Crippen MR) is 166 cm³/mol. The van der Waals surface area contributed by atoms with Gasteiger partial charge in [0.15, 0.2) is 0 Å². The normalized spacial score (nSPS) is 15.5. The summed E-state index contributed by atoms with van der Waals surface area (Å²) in [5.41, 5.74) is 14.3. The highest BCUT2D eigenvalue weighted by molar-refractivity contribution is 6.14. The summed E-state index contributed by atoms with van der Waals surface area (Å²) in [6.07, 6.45) is 3.54. The van der Waals surface area contributed by atoms with E-state index in [4.69, 9.17) is 0 Å². The second-order valence-corrected chi connectivity index (χ2v) is 11.4. The molecule has 39 heavy (non-hydrogen) atoms. The summed E-state index contributed by atoms with van der Waals surface area (Å²) in [5.74, 6) is 0.749. The molecule has 6 aromatic rings. The van der Waals surface area contributed by atoms with Gasteiger partial charge in [-0.25, -0.2) is 0 Å². The summed E-state index contributed by atoms with van der Waals surface area (Å²) < 4.78 is 0. The van der Waals surface area contributed by atoms with E-state index in [0.717, 1.165) is 6.42 Å². The van der Waals surface area contributed by atoms with Gasteiger partial charge in [-0.05, 0) is 90.0 Å². The van der Waals surface area contributed by atoms with E-state index < -0.39 is 0 Å². The maximum Gasteiger partial charge on any atom is 0.0314 e. The first-order chi connectivity index (χ1) is 19.2. The minimum Gasteiger partial charge on any atom is -0.0619 e. The van der Waals surface area contributed by atoms with Crippen LogP contribution in [0.25, 0.3) is 49.9 Å². The molecule has 0 nitrogen and oxygen atoms in total. The van der Waals surface area contributed by atoms with Gasteiger partial charge in [0.05, 0.1) is 0 Å². The standard InChI is InChI=1S/C39H30/c1-24(2)35-23-38-32(36-21-25-11-3-5-13-27(25)29-15-7-8-16-31(29)36)18-10-20-34(38)39(35)33-19-9-17-30-28-14-6-4-12-26(28)22-37(30)33/h3-21,23-24,39H,22H2,1-2H3. The van der Waals surface area contributed by atoms with Crippen molar-refractivity contribution in [1.29, 1.82) is 0 Å². The van der Waals surface area contributed by atoms with Crippen LogP contribution in [0.15, 0.2) is 121 Å². The number of fused-ring (bicyclic) bond motifs is 7. The third-order valence-corrected chi connectivity index (χ3v) is 9.02. The lowest BCUT2D eigenvalue weighted by molar-refractivity contribution is 0.714. The maximum atomic E-state index is 2.52. The Hall–Kier alpha value is -4.42. The molecule has 0 heteroatoms. The molecule has 6 aromatic carbocycles. The lowest BCUT2D eigenvalue weighted by atomic mass is 9.80. The molecular weight excluding hydrogens is 468 g/mol. The molecule has 0 aromatic heterocycles. The lowest BCUT2D eigenvalue weighted by Crippen LogP contribution is -2.08. The van der Waals surface area contributed by atoms with Gasteiger partial charge >= 0.3 is 0 Å². The average Bonchev–Trinajstić information content (AvgIpc) is 3.56.